The average molecular weight is 389 g/mol. The lowest BCUT2D eigenvalue weighted by molar-refractivity contribution is -0.137. The zero-order chi connectivity index (χ0) is 16.9. The molecule has 0 fully saturated rings. The van der Waals surface area contributed by atoms with E-state index in [9.17, 15) is 18.0 Å². The van der Waals surface area contributed by atoms with Gasteiger partial charge in [-0.15, -0.1) is 0 Å². The summed E-state index contributed by atoms with van der Waals surface area (Å²) in [5, 5.41) is 0. The predicted molar refractivity (Wildman–Crippen MR) is 82.8 cm³/mol. The van der Waals surface area contributed by atoms with Crippen LogP contribution >= 0.6 is 15.9 Å². The Morgan fingerprint density at radius 1 is 1.13 bits per heavy atom. The first kappa shape index (κ1) is 17.1. The Hall–Kier alpha value is -2.22. The van der Waals surface area contributed by atoms with E-state index in [-0.39, 0.29) is 12.3 Å². The lowest BCUT2D eigenvalue weighted by Gasteiger charge is -2.12. The highest BCUT2D eigenvalue weighted by atomic mass is 79.9. The SMILES string of the molecule is O=C(COc1ccc(Br)cc1)NNc1cccc(C(F)(F)F)c1. The molecule has 23 heavy (non-hydrogen) atoms. The van der Waals surface area contributed by atoms with Crippen molar-refractivity contribution in [3.05, 3.63) is 58.6 Å². The van der Waals surface area contributed by atoms with Gasteiger partial charge in [0.2, 0.25) is 0 Å². The number of carbonyl (C=O) groups excluding carboxylic acids is 1. The van der Waals surface area contributed by atoms with Crippen LogP contribution in [-0.2, 0) is 11.0 Å². The van der Waals surface area contributed by atoms with Crippen LogP contribution in [0.25, 0.3) is 0 Å². The lowest BCUT2D eigenvalue weighted by Crippen LogP contribution is -2.33. The van der Waals surface area contributed by atoms with Gasteiger partial charge in [0.25, 0.3) is 5.91 Å². The number of benzene rings is 2. The van der Waals surface area contributed by atoms with Crippen LogP contribution in [0.4, 0.5) is 18.9 Å². The molecule has 0 heterocycles. The first-order valence-corrected chi connectivity index (χ1v) is 7.24. The topological polar surface area (TPSA) is 50.4 Å². The second-order valence-electron chi connectivity index (χ2n) is 4.49. The van der Waals surface area contributed by atoms with Gasteiger partial charge in [-0.05, 0) is 42.5 Å². The zero-order valence-corrected chi connectivity index (χ0v) is 13.2. The molecular weight excluding hydrogens is 377 g/mol. The maximum atomic E-state index is 12.6. The van der Waals surface area contributed by atoms with E-state index in [1.54, 1.807) is 24.3 Å². The van der Waals surface area contributed by atoms with E-state index in [0.29, 0.717) is 5.75 Å². The molecule has 0 atom stereocenters. The Kier molecular flexibility index (Phi) is 5.49. The van der Waals surface area contributed by atoms with Gasteiger partial charge >= 0.3 is 6.18 Å². The molecule has 2 aromatic rings. The van der Waals surface area contributed by atoms with Gasteiger partial charge in [0.15, 0.2) is 6.61 Å². The van der Waals surface area contributed by atoms with E-state index in [2.05, 4.69) is 26.8 Å². The van der Waals surface area contributed by atoms with Crippen molar-refractivity contribution in [2.75, 3.05) is 12.0 Å². The summed E-state index contributed by atoms with van der Waals surface area (Å²) in [6, 6.07) is 11.4. The minimum absolute atomic E-state index is 0.122. The number of hydrogen-bond acceptors (Lipinski definition) is 3. The Morgan fingerprint density at radius 2 is 1.83 bits per heavy atom. The van der Waals surface area contributed by atoms with Gasteiger partial charge in [0.1, 0.15) is 5.75 Å². The molecule has 2 rings (SSSR count). The highest BCUT2D eigenvalue weighted by Crippen LogP contribution is 2.30. The van der Waals surface area contributed by atoms with Gasteiger partial charge in [0.05, 0.1) is 11.3 Å². The molecule has 0 aliphatic heterocycles. The van der Waals surface area contributed by atoms with Crippen LogP contribution < -0.4 is 15.6 Å². The van der Waals surface area contributed by atoms with E-state index in [0.717, 1.165) is 16.6 Å². The molecule has 0 saturated heterocycles. The summed E-state index contributed by atoms with van der Waals surface area (Å²) in [5.41, 5.74) is 4.00. The molecule has 8 heteroatoms. The first-order chi connectivity index (χ1) is 10.8. The molecule has 0 bridgehead atoms. The fraction of sp³-hybridized carbons (Fsp3) is 0.133. The van der Waals surface area contributed by atoms with Crippen molar-refractivity contribution in [1.82, 2.24) is 5.43 Å². The normalized spacial score (nSPS) is 11.0. The molecule has 122 valence electrons. The third-order valence-electron chi connectivity index (χ3n) is 2.72. The van der Waals surface area contributed by atoms with Crippen molar-refractivity contribution >= 4 is 27.5 Å². The number of nitrogens with one attached hydrogen (secondary N) is 2. The molecule has 0 saturated carbocycles. The first-order valence-electron chi connectivity index (χ1n) is 6.45. The van der Waals surface area contributed by atoms with Crippen molar-refractivity contribution in [3.63, 3.8) is 0 Å². The van der Waals surface area contributed by atoms with Crippen molar-refractivity contribution < 1.29 is 22.7 Å². The third-order valence-corrected chi connectivity index (χ3v) is 3.25. The van der Waals surface area contributed by atoms with E-state index in [1.165, 1.54) is 12.1 Å². The number of amides is 1. The van der Waals surface area contributed by atoms with Crippen LogP contribution in [0, 0.1) is 0 Å². The molecular formula is C15H12BrF3N2O2. The Balaban J connectivity index is 1.83. The predicted octanol–water partition coefficient (Wildman–Crippen LogP) is 3.99. The number of carbonyl (C=O) groups is 1. The molecule has 1 amide bonds. The lowest BCUT2D eigenvalue weighted by atomic mass is 10.2. The molecule has 0 radical (unpaired) electrons. The van der Waals surface area contributed by atoms with Gasteiger partial charge < -0.3 is 4.74 Å². The van der Waals surface area contributed by atoms with Gasteiger partial charge in [0, 0.05) is 4.47 Å². The quantitative estimate of drug-likeness (QED) is 0.761. The monoisotopic (exact) mass is 388 g/mol. The summed E-state index contributed by atoms with van der Waals surface area (Å²) >= 11 is 3.27. The van der Waals surface area contributed by atoms with Crippen LogP contribution in [0.1, 0.15) is 5.56 Å². The largest absolute Gasteiger partial charge is 0.484 e. The Labute approximate surface area is 138 Å². The number of ether oxygens (including phenoxy) is 1. The average Bonchev–Trinajstić information content (AvgIpc) is 2.52. The van der Waals surface area contributed by atoms with E-state index in [1.807, 2.05) is 0 Å². The van der Waals surface area contributed by atoms with Gasteiger partial charge in [-0.3, -0.25) is 15.6 Å². The summed E-state index contributed by atoms with van der Waals surface area (Å²) in [6.45, 7) is -0.270. The number of alkyl halides is 3. The zero-order valence-electron chi connectivity index (χ0n) is 11.7. The maximum absolute atomic E-state index is 12.6. The molecule has 0 aliphatic carbocycles. The summed E-state index contributed by atoms with van der Waals surface area (Å²) in [7, 11) is 0. The molecule has 2 N–H and O–H groups in total. The number of hydrazine groups is 1. The number of halogens is 4. The van der Waals surface area contributed by atoms with Crippen LogP contribution in [0.3, 0.4) is 0 Å². The number of anilines is 1. The summed E-state index contributed by atoms with van der Waals surface area (Å²) in [6.07, 6.45) is -4.44. The van der Waals surface area contributed by atoms with Gasteiger partial charge in [-0.2, -0.15) is 13.2 Å². The molecule has 0 aliphatic rings. The molecule has 2 aromatic carbocycles. The second-order valence-corrected chi connectivity index (χ2v) is 5.41. The highest BCUT2D eigenvalue weighted by molar-refractivity contribution is 9.10. The van der Waals surface area contributed by atoms with Crippen LogP contribution in [0.5, 0.6) is 5.75 Å². The van der Waals surface area contributed by atoms with E-state index < -0.39 is 17.6 Å². The van der Waals surface area contributed by atoms with Crippen LogP contribution in [0.2, 0.25) is 0 Å². The molecule has 0 aromatic heterocycles. The summed E-state index contributed by atoms with van der Waals surface area (Å²) in [4.78, 5) is 11.6. The van der Waals surface area contributed by atoms with Gasteiger partial charge in [-0.1, -0.05) is 22.0 Å². The maximum Gasteiger partial charge on any atom is 0.416 e. The van der Waals surface area contributed by atoms with Crippen LogP contribution in [-0.4, -0.2) is 12.5 Å². The summed E-state index contributed by atoms with van der Waals surface area (Å²) < 4.78 is 43.8. The van der Waals surface area contributed by atoms with Gasteiger partial charge in [-0.25, -0.2) is 0 Å². The van der Waals surface area contributed by atoms with Crippen LogP contribution in [0.15, 0.2) is 53.0 Å². The molecule has 0 unspecified atom stereocenters. The fourth-order valence-corrected chi connectivity index (χ4v) is 1.90. The van der Waals surface area contributed by atoms with Crippen molar-refractivity contribution in [2.45, 2.75) is 6.18 Å². The van der Waals surface area contributed by atoms with Crippen molar-refractivity contribution in [1.29, 1.82) is 0 Å². The van der Waals surface area contributed by atoms with Crippen molar-refractivity contribution in [3.8, 4) is 5.75 Å². The number of hydrogen-bond donors (Lipinski definition) is 2. The Bertz CT molecular complexity index is 675. The smallest absolute Gasteiger partial charge is 0.416 e. The van der Waals surface area contributed by atoms with Crippen molar-refractivity contribution in [2.24, 2.45) is 0 Å². The Morgan fingerprint density at radius 3 is 2.48 bits per heavy atom. The second kappa shape index (κ2) is 7.36. The van der Waals surface area contributed by atoms with E-state index >= 15 is 0 Å². The fourth-order valence-electron chi connectivity index (χ4n) is 1.63. The number of rotatable bonds is 5. The molecule has 4 nitrogen and oxygen atoms in total. The summed E-state index contributed by atoms with van der Waals surface area (Å²) in [5.74, 6) is -0.0206. The molecule has 0 spiro atoms. The third kappa shape index (κ3) is 5.48. The minimum Gasteiger partial charge on any atom is -0.484 e. The minimum atomic E-state index is -4.44. The standard InChI is InChI=1S/C15H12BrF3N2O2/c16-11-4-6-13(7-5-11)23-9-14(22)21-20-12-3-1-2-10(8-12)15(17,18)19/h1-8,20H,9H2,(H,21,22). The highest BCUT2D eigenvalue weighted by Gasteiger charge is 2.30. The van der Waals surface area contributed by atoms with E-state index in [4.69, 9.17) is 4.74 Å².